The van der Waals surface area contributed by atoms with Crippen molar-refractivity contribution in [1.82, 2.24) is 4.98 Å². The number of oxazole rings is 1. The Balaban J connectivity index is 1.22. The molecule has 1 N–H and O–H groups in total. The molecule has 1 aliphatic rings. The van der Waals surface area contributed by atoms with Gasteiger partial charge in [0.1, 0.15) is 30.4 Å². The molecular formula is C28H28N2O5. The van der Waals surface area contributed by atoms with Crippen molar-refractivity contribution in [3.8, 4) is 17.2 Å². The molecule has 0 unspecified atom stereocenters. The van der Waals surface area contributed by atoms with E-state index in [1.54, 1.807) is 0 Å². The first-order valence-corrected chi connectivity index (χ1v) is 11.6. The van der Waals surface area contributed by atoms with E-state index >= 15 is 0 Å². The van der Waals surface area contributed by atoms with Gasteiger partial charge in [-0.3, -0.25) is 4.79 Å². The maximum absolute atomic E-state index is 10.6. The lowest BCUT2D eigenvalue weighted by atomic mass is 10.0. The van der Waals surface area contributed by atoms with Crippen molar-refractivity contribution >= 4 is 11.7 Å². The van der Waals surface area contributed by atoms with Crippen LogP contribution in [0, 0.1) is 6.92 Å². The molecule has 1 heterocycles. The summed E-state index contributed by atoms with van der Waals surface area (Å²) in [6.45, 7) is 2.57. The number of carbonyl (C=O) groups is 1. The highest BCUT2D eigenvalue weighted by atomic mass is 16.6. The SMILES string of the molecule is Cc1oc(-c2ccccc2)nc1COc1ccc(CO/N=C2/C=CC(CCCC(=O)O)=CC2)cc1. The highest BCUT2D eigenvalue weighted by Crippen LogP contribution is 2.23. The van der Waals surface area contributed by atoms with E-state index in [0.29, 0.717) is 31.9 Å². The van der Waals surface area contributed by atoms with Gasteiger partial charge in [0, 0.05) is 18.4 Å². The van der Waals surface area contributed by atoms with Crippen LogP contribution in [0.3, 0.4) is 0 Å². The summed E-state index contributed by atoms with van der Waals surface area (Å²) < 4.78 is 11.7. The van der Waals surface area contributed by atoms with E-state index in [2.05, 4.69) is 16.2 Å². The van der Waals surface area contributed by atoms with Crippen LogP contribution in [0.25, 0.3) is 11.5 Å². The van der Waals surface area contributed by atoms with Gasteiger partial charge < -0.3 is 19.1 Å². The molecule has 0 atom stereocenters. The Hall–Kier alpha value is -4.13. The second kappa shape index (κ2) is 11.8. The van der Waals surface area contributed by atoms with Gasteiger partial charge in [-0.25, -0.2) is 4.98 Å². The molecule has 4 rings (SSSR count). The van der Waals surface area contributed by atoms with Gasteiger partial charge in [-0.05, 0) is 55.7 Å². The summed E-state index contributed by atoms with van der Waals surface area (Å²) in [5, 5.41) is 12.9. The molecule has 180 valence electrons. The molecule has 0 spiro atoms. The Morgan fingerprint density at radius 1 is 1.09 bits per heavy atom. The number of carboxylic acids is 1. The normalized spacial score (nSPS) is 14.1. The number of carboxylic acid groups (broad SMARTS) is 1. The summed E-state index contributed by atoms with van der Waals surface area (Å²) in [6.07, 6.45) is 8.22. The number of ether oxygens (including phenoxy) is 1. The van der Waals surface area contributed by atoms with Crippen LogP contribution in [0.15, 0.2) is 88.0 Å². The Bertz CT molecular complexity index is 1220. The van der Waals surface area contributed by atoms with E-state index in [9.17, 15) is 4.79 Å². The quantitative estimate of drug-likeness (QED) is 0.332. The molecule has 1 aliphatic carbocycles. The molecule has 0 fully saturated rings. The van der Waals surface area contributed by atoms with Gasteiger partial charge in [-0.2, -0.15) is 0 Å². The van der Waals surface area contributed by atoms with Crippen LogP contribution in [0.4, 0.5) is 0 Å². The lowest BCUT2D eigenvalue weighted by Gasteiger charge is -2.09. The first-order valence-electron chi connectivity index (χ1n) is 11.6. The van der Waals surface area contributed by atoms with Gasteiger partial charge in [-0.15, -0.1) is 0 Å². The zero-order valence-corrected chi connectivity index (χ0v) is 19.6. The standard InChI is InChI=1S/C28H28N2O5/c1-20-26(29-28(35-20)23-7-3-2-4-8-23)19-33-25-16-12-22(13-17-25)18-34-30-24-14-10-21(11-15-24)6-5-9-27(31)32/h2-4,7-8,10-14,16-17H,5-6,9,15,18-19H2,1H3,(H,31,32)/b30-24-. The number of hydrogen-bond acceptors (Lipinski definition) is 6. The van der Waals surface area contributed by atoms with E-state index in [-0.39, 0.29) is 6.42 Å². The van der Waals surface area contributed by atoms with Gasteiger partial charge >= 0.3 is 5.97 Å². The highest BCUT2D eigenvalue weighted by molar-refractivity contribution is 5.97. The minimum atomic E-state index is -0.761. The average Bonchev–Trinajstić information content (AvgIpc) is 3.25. The van der Waals surface area contributed by atoms with Crippen molar-refractivity contribution in [1.29, 1.82) is 0 Å². The molecule has 2 aromatic carbocycles. The molecule has 0 radical (unpaired) electrons. The fraction of sp³-hybridized carbons (Fsp3) is 0.250. The topological polar surface area (TPSA) is 94.2 Å². The minimum absolute atomic E-state index is 0.189. The molecule has 0 saturated heterocycles. The molecule has 0 bridgehead atoms. The van der Waals surface area contributed by atoms with Crippen LogP contribution in [-0.2, 0) is 22.8 Å². The van der Waals surface area contributed by atoms with Crippen LogP contribution < -0.4 is 4.74 Å². The van der Waals surface area contributed by atoms with E-state index in [1.807, 2.05) is 73.7 Å². The number of allylic oxidation sites excluding steroid dienone is 4. The fourth-order valence-corrected chi connectivity index (χ4v) is 3.56. The highest BCUT2D eigenvalue weighted by Gasteiger charge is 2.12. The Kier molecular flexibility index (Phi) is 8.12. The zero-order chi connectivity index (χ0) is 24.5. The maximum Gasteiger partial charge on any atom is 0.303 e. The summed E-state index contributed by atoms with van der Waals surface area (Å²) in [6, 6.07) is 17.5. The first-order chi connectivity index (χ1) is 17.1. The number of aryl methyl sites for hydroxylation is 1. The summed E-state index contributed by atoms with van der Waals surface area (Å²) in [4.78, 5) is 20.7. The number of nitrogens with zero attached hydrogens (tertiary/aromatic N) is 2. The molecule has 3 aromatic rings. The predicted octanol–water partition coefficient (Wildman–Crippen LogP) is 6.24. The monoisotopic (exact) mass is 472 g/mol. The number of hydrogen-bond donors (Lipinski definition) is 1. The van der Waals surface area contributed by atoms with Gasteiger partial charge in [-0.1, -0.05) is 53.2 Å². The summed E-state index contributed by atoms with van der Waals surface area (Å²) >= 11 is 0. The smallest absolute Gasteiger partial charge is 0.303 e. The maximum atomic E-state index is 10.6. The van der Waals surface area contributed by atoms with Crippen LogP contribution in [0.2, 0.25) is 0 Å². The van der Waals surface area contributed by atoms with Crippen molar-refractivity contribution in [2.75, 3.05) is 0 Å². The third-order valence-corrected chi connectivity index (χ3v) is 5.54. The molecule has 0 aliphatic heterocycles. The second-order valence-corrected chi connectivity index (χ2v) is 8.24. The molecule has 7 nitrogen and oxygen atoms in total. The Labute approximate surface area is 204 Å². The number of aliphatic carboxylic acids is 1. The van der Waals surface area contributed by atoms with Crippen molar-refractivity contribution in [3.05, 3.63) is 95.4 Å². The van der Waals surface area contributed by atoms with Crippen molar-refractivity contribution in [3.63, 3.8) is 0 Å². The minimum Gasteiger partial charge on any atom is -0.487 e. The molecule has 35 heavy (non-hydrogen) atoms. The largest absolute Gasteiger partial charge is 0.487 e. The molecule has 1 aromatic heterocycles. The Morgan fingerprint density at radius 2 is 1.89 bits per heavy atom. The predicted molar refractivity (Wildman–Crippen MR) is 133 cm³/mol. The second-order valence-electron chi connectivity index (χ2n) is 8.24. The third kappa shape index (κ3) is 7.17. The van der Waals surface area contributed by atoms with Crippen molar-refractivity contribution in [2.24, 2.45) is 5.16 Å². The van der Waals surface area contributed by atoms with Crippen LogP contribution in [0.5, 0.6) is 5.75 Å². The molecule has 0 amide bonds. The molecule has 0 saturated carbocycles. The summed E-state index contributed by atoms with van der Waals surface area (Å²) in [7, 11) is 0. The van der Waals surface area contributed by atoms with Crippen molar-refractivity contribution in [2.45, 2.75) is 45.8 Å². The van der Waals surface area contributed by atoms with Crippen LogP contribution >= 0.6 is 0 Å². The van der Waals surface area contributed by atoms with Gasteiger partial charge in [0.25, 0.3) is 0 Å². The number of oxime groups is 1. The van der Waals surface area contributed by atoms with E-state index in [0.717, 1.165) is 46.0 Å². The van der Waals surface area contributed by atoms with E-state index in [4.69, 9.17) is 19.1 Å². The zero-order valence-electron chi connectivity index (χ0n) is 19.6. The summed E-state index contributed by atoms with van der Waals surface area (Å²) in [5.74, 6) is 1.31. The Morgan fingerprint density at radius 3 is 2.60 bits per heavy atom. The first kappa shape index (κ1) is 24.0. The average molecular weight is 473 g/mol. The van der Waals surface area contributed by atoms with Crippen LogP contribution in [0.1, 0.15) is 42.7 Å². The van der Waals surface area contributed by atoms with Gasteiger partial charge in [0.15, 0.2) is 0 Å². The lowest BCUT2D eigenvalue weighted by molar-refractivity contribution is -0.137. The number of rotatable bonds is 11. The van der Waals surface area contributed by atoms with E-state index < -0.39 is 5.97 Å². The van der Waals surface area contributed by atoms with E-state index in [1.165, 1.54) is 0 Å². The molecule has 7 heteroatoms. The fourth-order valence-electron chi connectivity index (χ4n) is 3.56. The molecular weight excluding hydrogens is 444 g/mol. The van der Waals surface area contributed by atoms with Gasteiger partial charge in [0.05, 0.1) is 5.71 Å². The number of aromatic nitrogens is 1. The lowest BCUT2D eigenvalue weighted by Crippen LogP contribution is -2.01. The number of benzene rings is 2. The van der Waals surface area contributed by atoms with Gasteiger partial charge in [0.2, 0.25) is 5.89 Å². The third-order valence-electron chi connectivity index (χ3n) is 5.54. The van der Waals surface area contributed by atoms with Crippen molar-refractivity contribution < 1.29 is 23.9 Å². The summed E-state index contributed by atoms with van der Waals surface area (Å²) in [5.41, 5.74) is 4.66. The van der Waals surface area contributed by atoms with Crippen LogP contribution in [-0.4, -0.2) is 21.8 Å².